The van der Waals surface area contributed by atoms with E-state index >= 15 is 0 Å². The first-order valence-corrected chi connectivity index (χ1v) is 15.9. The Morgan fingerprint density at radius 2 is 1.65 bits per heavy atom. The number of hydrogen-bond donors (Lipinski definition) is 2. The Hall–Kier alpha value is -4.26. The highest BCUT2D eigenvalue weighted by atomic mass is 16.5. The lowest BCUT2D eigenvalue weighted by atomic mass is 9.84. The second-order valence-electron chi connectivity index (χ2n) is 14.4. The van der Waals surface area contributed by atoms with E-state index in [4.69, 9.17) is 4.74 Å². The number of carbonyl (C=O) groups excluding carboxylic acids is 2. The molecule has 2 aromatic carbocycles. The number of benzene rings is 2. The third kappa shape index (κ3) is 9.15. The van der Waals surface area contributed by atoms with Gasteiger partial charge in [-0.25, -0.2) is 0 Å². The highest BCUT2D eigenvalue weighted by Crippen LogP contribution is 2.33. The molecular formula is C37H48N6O3. The van der Waals surface area contributed by atoms with Crippen LogP contribution in [0, 0.1) is 23.7 Å². The summed E-state index contributed by atoms with van der Waals surface area (Å²) in [5.74, 6) is -0.199. The molecule has 2 amide bonds. The molecule has 1 aliphatic heterocycles. The fourth-order valence-electron chi connectivity index (χ4n) is 5.16. The maximum Gasteiger partial charge on any atom is 0.259 e. The zero-order valence-corrected chi connectivity index (χ0v) is 28.6. The second kappa shape index (κ2) is 14.4. The molecule has 46 heavy (non-hydrogen) atoms. The van der Waals surface area contributed by atoms with Crippen LogP contribution in [-0.4, -0.2) is 79.5 Å². The number of aryl methyl sites for hydroxylation is 1. The maximum atomic E-state index is 13.9. The Morgan fingerprint density at radius 3 is 2.26 bits per heavy atom. The van der Waals surface area contributed by atoms with Gasteiger partial charge in [0.25, 0.3) is 11.8 Å². The molecule has 1 aliphatic rings. The summed E-state index contributed by atoms with van der Waals surface area (Å²) < 4.78 is 6.21. The molecule has 0 atom stereocenters. The molecule has 4 rings (SSSR count). The average Bonchev–Trinajstić information content (AvgIpc) is 3.00. The molecule has 9 nitrogen and oxygen atoms in total. The minimum Gasteiger partial charge on any atom is -0.490 e. The lowest BCUT2D eigenvalue weighted by molar-refractivity contribution is 0.0938. The van der Waals surface area contributed by atoms with Crippen LogP contribution in [0.4, 0.5) is 5.69 Å². The number of nitriles is 1. The van der Waals surface area contributed by atoms with Crippen LogP contribution in [0.2, 0.25) is 0 Å². The van der Waals surface area contributed by atoms with Gasteiger partial charge in [0.15, 0.2) is 0 Å². The largest absolute Gasteiger partial charge is 0.490 e. The first-order valence-electron chi connectivity index (χ1n) is 15.9. The lowest BCUT2D eigenvalue weighted by Crippen LogP contribution is -2.45. The van der Waals surface area contributed by atoms with Gasteiger partial charge in [0.1, 0.15) is 18.4 Å². The molecule has 0 saturated carbocycles. The normalized spacial score (nSPS) is 14.4. The SMILES string of the molecule is Cc1ncc(NC(=O)c2cc(C(C)(C)C)cc(C#N)c2OCCN2CCN(C)CC2)cc1-c1ccc(C(=O)NCC(C)(C)C)cc1. The van der Waals surface area contributed by atoms with Crippen LogP contribution >= 0.6 is 0 Å². The van der Waals surface area contributed by atoms with Crippen molar-refractivity contribution in [3.8, 4) is 22.9 Å². The van der Waals surface area contributed by atoms with E-state index in [2.05, 4.69) is 80.1 Å². The number of pyridine rings is 1. The number of hydrogen-bond acceptors (Lipinski definition) is 7. The zero-order valence-electron chi connectivity index (χ0n) is 28.6. The summed E-state index contributed by atoms with van der Waals surface area (Å²) in [7, 11) is 2.12. The quantitative estimate of drug-likeness (QED) is 0.306. The van der Waals surface area contributed by atoms with E-state index in [9.17, 15) is 14.9 Å². The van der Waals surface area contributed by atoms with E-state index in [0.29, 0.717) is 47.8 Å². The zero-order chi connectivity index (χ0) is 33.6. The van der Waals surface area contributed by atoms with Crippen molar-refractivity contribution in [2.45, 2.75) is 53.9 Å². The second-order valence-corrected chi connectivity index (χ2v) is 14.4. The van der Waals surface area contributed by atoms with Crippen LogP contribution < -0.4 is 15.4 Å². The highest BCUT2D eigenvalue weighted by Gasteiger charge is 2.24. The van der Waals surface area contributed by atoms with Gasteiger partial charge in [-0.1, -0.05) is 53.7 Å². The van der Waals surface area contributed by atoms with Crippen molar-refractivity contribution in [1.82, 2.24) is 20.1 Å². The number of nitrogens with one attached hydrogen (secondary N) is 2. The van der Waals surface area contributed by atoms with Gasteiger partial charge in [0, 0.05) is 56.1 Å². The molecule has 9 heteroatoms. The molecule has 244 valence electrons. The number of nitrogens with zero attached hydrogens (tertiary/aromatic N) is 4. The molecule has 0 unspecified atom stereocenters. The molecule has 1 fully saturated rings. The van der Waals surface area contributed by atoms with Crippen LogP contribution in [-0.2, 0) is 5.41 Å². The van der Waals surface area contributed by atoms with Gasteiger partial charge in [0.05, 0.1) is 23.0 Å². The van der Waals surface area contributed by atoms with Crippen LogP contribution in [0.5, 0.6) is 5.75 Å². The van der Waals surface area contributed by atoms with Crippen molar-refractivity contribution in [1.29, 1.82) is 5.26 Å². The van der Waals surface area contributed by atoms with Gasteiger partial charge in [-0.3, -0.25) is 19.5 Å². The van der Waals surface area contributed by atoms with E-state index in [-0.39, 0.29) is 22.6 Å². The van der Waals surface area contributed by atoms with Crippen molar-refractivity contribution >= 4 is 17.5 Å². The highest BCUT2D eigenvalue weighted by molar-refractivity contribution is 6.07. The Bertz CT molecular complexity index is 1590. The summed E-state index contributed by atoms with van der Waals surface area (Å²) in [4.78, 5) is 35.7. The number of piperazine rings is 1. The van der Waals surface area contributed by atoms with Gasteiger partial charge < -0.3 is 20.3 Å². The Labute approximate surface area is 274 Å². The van der Waals surface area contributed by atoms with Crippen molar-refractivity contribution in [2.24, 2.45) is 5.41 Å². The lowest BCUT2D eigenvalue weighted by Gasteiger charge is -2.32. The Morgan fingerprint density at radius 1 is 0.978 bits per heavy atom. The minimum atomic E-state index is -0.375. The third-order valence-corrected chi connectivity index (χ3v) is 8.15. The molecule has 2 heterocycles. The number of rotatable bonds is 9. The number of anilines is 1. The molecule has 1 saturated heterocycles. The number of amides is 2. The summed E-state index contributed by atoms with van der Waals surface area (Å²) in [6.07, 6.45) is 1.62. The predicted molar refractivity (Wildman–Crippen MR) is 183 cm³/mol. The van der Waals surface area contributed by atoms with Gasteiger partial charge in [-0.2, -0.15) is 5.26 Å². The first kappa shape index (κ1) is 34.6. The van der Waals surface area contributed by atoms with Gasteiger partial charge in [-0.05, 0) is 66.3 Å². The number of aromatic nitrogens is 1. The fraction of sp³-hybridized carbons (Fsp3) is 0.459. The number of likely N-dealkylation sites (N-methyl/N-ethyl adjacent to an activating group) is 1. The molecule has 0 bridgehead atoms. The average molecular weight is 625 g/mol. The van der Waals surface area contributed by atoms with Gasteiger partial charge >= 0.3 is 0 Å². The molecular weight excluding hydrogens is 576 g/mol. The molecule has 0 radical (unpaired) electrons. The van der Waals surface area contributed by atoms with E-state index in [1.165, 1.54) is 0 Å². The summed E-state index contributed by atoms with van der Waals surface area (Å²) in [6, 6.07) is 15.2. The van der Waals surface area contributed by atoms with Crippen LogP contribution in [0.25, 0.3) is 11.1 Å². The van der Waals surface area contributed by atoms with Crippen molar-refractivity contribution in [3.63, 3.8) is 0 Å². The van der Waals surface area contributed by atoms with E-state index < -0.39 is 0 Å². The molecule has 2 N–H and O–H groups in total. The summed E-state index contributed by atoms with van der Waals surface area (Å²) in [5, 5.41) is 16.1. The van der Waals surface area contributed by atoms with Crippen LogP contribution in [0.1, 0.15) is 79.1 Å². The van der Waals surface area contributed by atoms with Crippen molar-refractivity contribution in [3.05, 3.63) is 76.6 Å². The molecule has 0 spiro atoms. The summed E-state index contributed by atoms with van der Waals surface area (Å²) in [5.41, 5.74) is 4.83. The smallest absolute Gasteiger partial charge is 0.259 e. The Kier molecular flexibility index (Phi) is 10.9. The summed E-state index contributed by atoms with van der Waals surface area (Å²) in [6.45, 7) is 19.9. The standard InChI is InChI=1S/C37H48N6O3/c1-25-31(26-9-11-27(12-10-26)34(44)40-24-36(2,3)4)21-30(23-39-25)41-35(45)32-20-29(37(5,6)7)19-28(22-38)33(32)46-18-17-43-15-13-42(8)14-16-43/h9-12,19-21,23H,13-18,24H2,1-8H3,(H,40,44)(H,41,45). The van der Waals surface area contributed by atoms with E-state index in [1.54, 1.807) is 18.3 Å². The van der Waals surface area contributed by atoms with Gasteiger partial charge in [0.2, 0.25) is 0 Å². The third-order valence-electron chi connectivity index (χ3n) is 8.15. The molecule has 1 aromatic heterocycles. The van der Waals surface area contributed by atoms with Crippen LogP contribution in [0.15, 0.2) is 48.7 Å². The number of ether oxygens (including phenoxy) is 1. The monoisotopic (exact) mass is 624 g/mol. The number of carbonyl (C=O) groups is 2. The maximum absolute atomic E-state index is 13.9. The topological polar surface area (TPSA) is 111 Å². The first-order chi connectivity index (χ1) is 21.6. The van der Waals surface area contributed by atoms with E-state index in [0.717, 1.165) is 48.6 Å². The van der Waals surface area contributed by atoms with E-state index in [1.807, 2.05) is 37.3 Å². The fourth-order valence-corrected chi connectivity index (χ4v) is 5.16. The minimum absolute atomic E-state index is 0.00894. The molecule has 0 aliphatic carbocycles. The van der Waals surface area contributed by atoms with Crippen molar-refractivity contribution in [2.75, 3.05) is 58.2 Å². The van der Waals surface area contributed by atoms with Crippen molar-refractivity contribution < 1.29 is 14.3 Å². The van der Waals surface area contributed by atoms with Crippen LogP contribution in [0.3, 0.4) is 0 Å². The Balaban J connectivity index is 1.56. The van der Waals surface area contributed by atoms with Gasteiger partial charge in [-0.15, -0.1) is 0 Å². The molecule has 3 aromatic rings. The summed E-state index contributed by atoms with van der Waals surface area (Å²) >= 11 is 0. The predicted octanol–water partition coefficient (Wildman–Crippen LogP) is 5.88.